The van der Waals surface area contributed by atoms with E-state index in [0.29, 0.717) is 12.2 Å². The van der Waals surface area contributed by atoms with Crippen molar-refractivity contribution in [1.29, 1.82) is 0 Å². The van der Waals surface area contributed by atoms with E-state index in [1.54, 1.807) is 30.1 Å². The van der Waals surface area contributed by atoms with Crippen molar-refractivity contribution in [2.75, 3.05) is 12.4 Å². The maximum atomic E-state index is 12.4. The van der Waals surface area contributed by atoms with Gasteiger partial charge in [-0.2, -0.15) is 13.9 Å². The third kappa shape index (κ3) is 4.30. The number of aryl methyl sites for hydroxylation is 2. The first kappa shape index (κ1) is 18.6. The molecule has 0 unspecified atom stereocenters. The molecule has 2 amide bonds. The minimum atomic E-state index is -2.86. The van der Waals surface area contributed by atoms with E-state index in [4.69, 9.17) is 0 Å². The van der Waals surface area contributed by atoms with E-state index in [0.717, 1.165) is 22.3 Å². The summed E-state index contributed by atoms with van der Waals surface area (Å²) in [6.45, 7) is -0.676. The average Bonchev–Trinajstić information content (AvgIpc) is 2.90. The van der Waals surface area contributed by atoms with E-state index in [9.17, 15) is 13.6 Å². The minimum Gasteiger partial charge on any atom is -0.435 e. The molecular formula is C18H19F2N5O2. The van der Waals surface area contributed by atoms with Crippen molar-refractivity contribution in [3.05, 3.63) is 47.8 Å². The molecule has 2 aromatic heterocycles. The molecule has 0 aliphatic heterocycles. The van der Waals surface area contributed by atoms with Gasteiger partial charge in [-0.3, -0.25) is 4.68 Å². The van der Waals surface area contributed by atoms with Crippen LogP contribution in [-0.2, 0) is 13.6 Å². The molecule has 0 saturated heterocycles. The van der Waals surface area contributed by atoms with Crippen molar-refractivity contribution in [2.45, 2.75) is 20.1 Å². The highest BCUT2D eigenvalue weighted by Crippen LogP contribution is 2.20. The van der Waals surface area contributed by atoms with Crippen LogP contribution in [0.5, 0.6) is 5.75 Å². The predicted molar refractivity (Wildman–Crippen MR) is 96.8 cm³/mol. The van der Waals surface area contributed by atoms with Gasteiger partial charge in [0.15, 0.2) is 5.65 Å². The lowest BCUT2D eigenvalue weighted by Crippen LogP contribution is -2.30. The van der Waals surface area contributed by atoms with Gasteiger partial charge in [0.2, 0.25) is 0 Å². The van der Waals surface area contributed by atoms with E-state index in [2.05, 4.69) is 20.1 Å². The highest BCUT2D eigenvalue weighted by Gasteiger charge is 2.12. The number of carbonyl (C=O) groups is 1. The molecule has 0 aliphatic rings. The van der Waals surface area contributed by atoms with E-state index in [-0.39, 0.29) is 11.8 Å². The number of nitrogens with zero attached hydrogens (tertiary/aromatic N) is 4. The van der Waals surface area contributed by atoms with Crippen LogP contribution in [0.2, 0.25) is 0 Å². The van der Waals surface area contributed by atoms with Gasteiger partial charge < -0.3 is 15.0 Å². The SMILES string of the molecule is Cc1nn(C)c2ncc(NC(=O)N(C)Cc3ccc(OC(F)F)cc3)cc12. The van der Waals surface area contributed by atoms with Crippen LogP contribution in [0.4, 0.5) is 19.3 Å². The van der Waals surface area contributed by atoms with Gasteiger partial charge in [-0.1, -0.05) is 12.1 Å². The Hall–Kier alpha value is -3.23. The monoisotopic (exact) mass is 375 g/mol. The Morgan fingerprint density at radius 1 is 1.33 bits per heavy atom. The normalized spacial score (nSPS) is 11.0. The maximum absolute atomic E-state index is 12.4. The number of rotatable bonds is 5. The van der Waals surface area contributed by atoms with Gasteiger partial charge in [-0.05, 0) is 30.7 Å². The molecule has 2 heterocycles. The highest BCUT2D eigenvalue weighted by molar-refractivity contribution is 5.91. The second kappa shape index (κ2) is 7.56. The molecule has 0 saturated carbocycles. The van der Waals surface area contributed by atoms with Gasteiger partial charge in [-0.15, -0.1) is 0 Å². The van der Waals surface area contributed by atoms with Gasteiger partial charge in [0.25, 0.3) is 0 Å². The van der Waals surface area contributed by atoms with Crippen molar-refractivity contribution in [1.82, 2.24) is 19.7 Å². The summed E-state index contributed by atoms with van der Waals surface area (Å²) in [5.41, 5.74) is 2.92. The van der Waals surface area contributed by atoms with Gasteiger partial charge in [-0.25, -0.2) is 9.78 Å². The Labute approximate surface area is 154 Å². The number of benzene rings is 1. The van der Waals surface area contributed by atoms with Crippen LogP contribution >= 0.6 is 0 Å². The number of nitrogens with one attached hydrogen (secondary N) is 1. The third-order valence-corrected chi connectivity index (χ3v) is 4.03. The fraction of sp³-hybridized carbons (Fsp3) is 0.278. The molecule has 0 bridgehead atoms. The van der Waals surface area contributed by atoms with Crippen molar-refractivity contribution >= 4 is 22.8 Å². The number of hydrogen-bond donors (Lipinski definition) is 1. The Morgan fingerprint density at radius 3 is 2.70 bits per heavy atom. The van der Waals surface area contributed by atoms with Crippen LogP contribution < -0.4 is 10.1 Å². The molecule has 0 fully saturated rings. The van der Waals surface area contributed by atoms with Gasteiger partial charge in [0.05, 0.1) is 17.6 Å². The summed E-state index contributed by atoms with van der Waals surface area (Å²) < 4.78 is 30.3. The fourth-order valence-electron chi connectivity index (χ4n) is 2.72. The standard InChI is InChI=1S/C18H19F2N5O2/c1-11-15-8-13(9-21-16(15)25(3)23-11)22-18(26)24(2)10-12-4-6-14(7-5-12)27-17(19)20/h4-9,17H,10H2,1-3H3,(H,22,26). The zero-order valence-corrected chi connectivity index (χ0v) is 15.1. The summed E-state index contributed by atoms with van der Waals surface area (Å²) in [6, 6.07) is 7.66. The fourth-order valence-corrected chi connectivity index (χ4v) is 2.72. The van der Waals surface area contributed by atoms with Crippen LogP contribution in [0, 0.1) is 6.92 Å². The number of halogens is 2. The number of alkyl halides is 2. The molecule has 7 nitrogen and oxygen atoms in total. The first-order chi connectivity index (χ1) is 12.8. The number of pyridine rings is 1. The number of hydrogen-bond acceptors (Lipinski definition) is 4. The van der Waals surface area contributed by atoms with Crippen LogP contribution in [0.15, 0.2) is 36.5 Å². The number of carbonyl (C=O) groups excluding carboxylic acids is 1. The van der Waals surface area contributed by atoms with Crippen LogP contribution in [0.1, 0.15) is 11.3 Å². The van der Waals surface area contributed by atoms with Gasteiger partial charge >= 0.3 is 12.6 Å². The highest BCUT2D eigenvalue weighted by atomic mass is 19.3. The van der Waals surface area contributed by atoms with Gasteiger partial charge in [0.1, 0.15) is 5.75 Å². The number of aromatic nitrogens is 3. The second-order valence-electron chi connectivity index (χ2n) is 6.11. The summed E-state index contributed by atoms with van der Waals surface area (Å²) in [6.07, 6.45) is 1.58. The number of fused-ring (bicyclic) bond motifs is 1. The molecule has 27 heavy (non-hydrogen) atoms. The number of amides is 2. The first-order valence-electron chi connectivity index (χ1n) is 8.18. The Morgan fingerprint density at radius 2 is 2.04 bits per heavy atom. The average molecular weight is 375 g/mol. The smallest absolute Gasteiger partial charge is 0.387 e. The maximum Gasteiger partial charge on any atom is 0.387 e. The van der Waals surface area contributed by atoms with E-state index < -0.39 is 6.61 Å². The van der Waals surface area contributed by atoms with Crippen molar-refractivity contribution < 1.29 is 18.3 Å². The van der Waals surface area contributed by atoms with Crippen molar-refractivity contribution in [3.63, 3.8) is 0 Å². The predicted octanol–water partition coefficient (Wildman–Crippen LogP) is 3.54. The number of anilines is 1. The quantitative estimate of drug-likeness (QED) is 0.740. The van der Waals surface area contributed by atoms with E-state index >= 15 is 0 Å². The van der Waals surface area contributed by atoms with Crippen LogP contribution in [0.3, 0.4) is 0 Å². The Balaban J connectivity index is 1.64. The number of ether oxygens (including phenoxy) is 1. The van der Waals surface area contributed by atoms with E-state index in [1.807, 2.05) is 20.0 Å². The minimum absolute atomic E-state index is 0.0760. The largest absolute Gasteiger partial charge is 0.435 e. The zero-order chi connectivity index (χ0) is 19.6. The molecule has 1 aromatic carbocycles. The van der Waals surface area contributed by atoms with Crippen LogP contribution in [-0.4, -0.2) is 39.4 Å². The summed E-state index contributed by atoms with van der Waals surface area (Å²) in [5.74, 6) is 0.0760. The molecule has 9 heteroatoms. The summed E-state index contributed by atoms with van der Waals surface area (Å²) in [5, 5.41) is 7.96. The van der Waals surface area contributed by atoms with E-state index in [1.165, 1.54) is 17.0 Å². The lowest BCUT2D eigenvalue weighted by Gasteiger charge is -2.18. The molecule has 3 aromatic rings. The Bertz CT molecular complexity index is 956. The van der Waals surface area contributed by atoms with Crippen molar-refractivity contribution in [2.24, 2.45) is 7.05 Å². The molecule has 0 radical (unpaired) electrons. The summed E-state index contributed by atoms with van der Waals surface area (Å²) >= 11 is 0. The molecular weight excluding hydrogens is 356 g/mol. The summed E-state index contributed by atoms with van der Waals surface area (Å²) in [4.78, 5) is 18.2. The first-order valence-corrected chi connectivity index (χ1v) is 8.18. The lowest BCUT2D eigenvalue weighted by molar-refractivity contribution is -0.0498. The van der Waals surface area contributed by atoms with Gasteiger partial charge in [0, 0.05) is 26.0 Å². The Kier molecular flexibility index (Phi) is 5.20. The van der Waals surface area contributed by atoms with Crippen molar-refractivity contribution in [3.8, 4) is 5.75 Å². The molecule has 3 rings (SSSR count). The number of urea groups is 1. The molecule has 142 valence electrons. The summed E-state index contributed by atoms with van der Waals surface area (Å²) in [7, 11) is 3.45. The molecule has 0 spiro atoms. The zero-order valence-electron chi connectivity index (χ0n) is 15.1. The molecule has 0 aliphatic carbocycles. The van der Waals surface area contributed by atoms with Crippen LogP contribution in [0.25, 0.3) is 11.0 Å². The third-order valence-electron chi connectivity index (χ3n) is 4.03. The lowest BCUT2D eigenvalue weighted by atomic mass is 10.2. The topological polar surface area (TPSA) is 72.3 Å². The molecule has 0 atom stereocenters. The second-order valence-corrected chi connectivity index (χ2v) is 6.11. The molecule has 1 N–H and O–H groups in total.